The van der Waals surface area contributed by atoms with Crippen molar-refractivity contribution < 1.29 is 9.90 Å². The number of nitrogens with one attached hydrogen (secondary N) is 1. The van der Waals surface area contributed by atoms with Crippen LogP contribution in [0, 0.1) is 5.92 Å². The zero-order chi connectivity index (χ0) is 19.9. The average Bonchev–Trinajstić information content (AvgIpc) is 2.66. The molecule has 4 nitrogen and oxygen atoms in total. The molecule has 4 heteroatoms. The Morgan fingerprint density at radius 3 is 2.54 bits per heavy atom. The minimum absolute atomic E-state index is 0.0132. The molecule has 28 heavy (non-hydrogen) atoms. The Hall–Kier alpha value is -1.55. The molecule has 0 radical (unpaired) electrons. The summed E-state index contributed by atoms with van der Waals surface area (Å²) in [5.41, 5.74) is 5.92. The van der Waals surface area contributed by atoms with E-state index in [2.05, 4.69) is 43.2 Å². The first kappa shape index (κ1) is 19.8. The highest BCUT2D eigenvalue weighted by molar-refractivity contribution is 5.87. The summed E-state index contributed by atoms with van der Waals surface area (Å²) < 4.78 is 0. The molecule has 4 rings (SSSR count). The summed E-state index contributed by atoms with van der Waals surface area (Å²) in [6, 6.07) is 4.44. The van der Waals surface area contributed by atoms with Crippen LogP contribution in [0.5, 0.6) is 0 Å². The predicted molar refractivity (Wildman–Crippen MR) is 114 cm³/mol. The van der Waals surface area contributed by atoms with E-state index in [9.17, 15) is 9.90 Å². The fraction of sp³-hybridized carbons (Fsp3) is 0.708. The van der Waals surface area contributed by atoms with E-state index in [1.54, 1.807) is 5.56 Å². The molecular formula is C24H36N2O2. The first-order chi connectivity index (χ1) is 13.4. The van der Waals surface area contributed by atoms with Crippen molar-refractivity contribution in [1.29, 1.82) is 0 Å². The topological polar surface area (TPSA) is 52.6 Å². The van der Waals surface area contributed by atoms with E-state index in [-0.39, 0.29) is 30.5 Å². The molecule has 2 atom stereocenters. The molecule has 1 spiro atoms. The lowest BCUT2D eigenvalue weighted by molar-refractivity contribution is -0.124. The van der Waals surface area contributed by atoms with Gasteiger partial charge in [-0.2, -0.15) is 0 Å². The Morgan fingerprint density at radius 1 is 1.14 bits per heavy atom. The van der Waals surface area contributed by atoms with Crippen LogP contribution in [-0.4, -0.2) is 36.8 Å². The number of amides is 1. The fourth-order valence-corrected chi connectivity index (χ4v) is 6.17. The summed E-state index contributed by atoms with van der Waals surface area (Å²) in [7, 11) is 2.07. The number of aliphatic hydroxyl groups excluding tert-OH is 1. The van der Waals surface area contributed by atoms with Gasteiger partial charge < -0.3 is 15.3 Å². The van der Waals surface area contributed by atoms with E-state index < -0.39 is 0 Å². The molecule has 0 bridgehead atoms. The van der Waals surface area contributed by atoms with Crippen LogP contribution in [0.3, 0.4) is 0 Å². The van der Waals surface area contributed by atoms with Crippen molar-refractivity contribution in [2.24, 2.45) is 5.92 Å². The van der Waals surface area contributed by atoms with Gasteiger partial charge in [0, 0.05) is 12.7 Å². The van der Waals surface area contributed by atoms with Gasteiger partial charge in [0.05, 0.1) is 12.6 Å². The number of anilines is 1. The van der Waals surface area contributed by atoms with E-state index in [1.165, 1.54) is 61.8 Å². The second kappa shape index (κ2) is 7.70. The lowest BCUT2D eigenvalue weighted by Crippen LogP contribution is -2.54. The Labute approximate surface area is 169 Å². The summed E-state index contributed by atoms with van der Waals surface area (Å²) in [6.45, 7) is 4.20. The maximum atomic E-state index is 12.9. The van der Waals surface area contributed by atoms with Gasteiger partial charge >= 0.3 is 0 Å². The third-order valence-corrected chi connectivity index (χ3v) is 7.52. The maximum Gasteiger partial charge on any atom is 0.243 e. The normalized spacial score (nSPS) is 27.0. The summed E-state index contributed by atoms with van der Waals surface area (Å²) in [4.78, 5) is 15.1. The maximum absolute atomic E-state index is 12.9. The van der Waals surface area contributed by atoms with Crippen LogP contribution in [0.2, 0.25) is 0 Å². The molecule has 1 fully saturated rings. The van der Waals surface area contributed by atoms with Crippen molar-refractivity contribution in [3.63, 3.8) is 0 Å². The van der Waals surface area contributed by atoms with Gasteiger partial charge in [-0.3, -0.25) is 4.79 Å². The van der Waals surface area contributed by atoms with Crippen molar-refractivity contribution in [3.8, 4) is 0 Å². The highest BCUT2D eigenvalue weighted by Crippen LogP contribution is 2.49. The van der Waals surface area contributed by atoms with Crippen molar-refractivity contribution in [2.45, 2.75) is 89.1 Å². The molecule has 1 saturated carbocycles. The summed E-state index contributed by atoms with van der Waals surface area (Å²) in [5, 5.41) is 12.9. The summed E-state index contributed by atoms with van der Waals surface area (Å²) in [6.07, 6.45) is 11.2. The molecule has 1 amide bonds. The number of hydrogen-bond acceptors (Lipinski definition) is 3. The third kappa shape index (κ3) is 3.34. The van der Waals surface area contributed by atoms with Gasteiger partial charge in [-0.15, -0.1) is 0 Å². The number of likely N-dealkylation sites (N-methyl/N-ethyl adjacent to an activating group) is 1. The highest BCUT2D eigenvalue weighted by Gasteiger charge is 2.39. The van der Waals surface area contributed by atoms with Crippen LogP contribution >= 0.6 is 0 Å². The SMILES string of the molecule is CC(C)[C@H]1C(=O)N[C@H](CO)Cc2cc3c(cc2N1C)C1(CCCCC1)CCC3. The van der Waals surface area contributed by atoms with Crippen molar-refractivity contribution in [3.05, 3.63) is 28.8 Å². The zero-order valence-corrected chi connectivity index (χ0v) is 17.8. The largest absolute Gasteiger partial charge is 0.394 e. The molecule has 154 valence electrons. The van der Waals surface area contributed by atoms with Crippen molar-refractivity contribution >= 4 is 11.6 Å². The second-order valence-electron chi connectivity index (χ2n) is 9.72. The number of rotatable bonds is 2. The van der Waals surface area contributed by atoms with E-state index in [1.807, 2.05) is 0 Å². The fourth-order valence-electron chi connectivity index (χ4n) is 6.17. The third-order valence-electron chi connectivity index (χ3n) is 7.52. The van der Waals surface area contributed by atoms with Crippen molar-refractivity contribution in [1.82, 2.24) is 5.32 Å². The quantitative estimate of drug-likeness (QED) is 0.817. The summed E-state index contributed by atoms with van der Waals surface area (Å²) >= 11 is 0. The lowest BCUT2D eigenvalue weighted by Gasteiger charge is -2.44. The van der Waals surface area contributed by atoms with Crippen LogP contribution < -0.4 is 10.2 Å². The molecule has 0 unspecified atom stereocenters. The van der Waals surface area contributed by atoms with Gasteiger partial charge in [-0.05, 0) is 72.6 Å². The van der Waals surface area contributed by atoms with Gasteiger partial charge in [-0.1, -0.05) is 39.2 Å². The average molecular weight is 385 g/mol. The van der Waals surface area contributed by atoms with E-state index >= 15 is 0 Å². The number of aliphatic hydroxyl groups is 1. The molecule has 1 aliphatic heterocycles. The molecule has 1 aromatic rings. The number of nitrogens with zero attached hydrogens (tertiary/aromatic N) is 1. The number of carbonyl (C=O) groups is 1. The summed E-state index contributed by atoms with van der Waals surface area (Å²) in [5.74, 6) is 0.238. The molecule has 0 saturated heterocycles. The van der Waals surface area contributed by atoms with Gasteiger partial charge in [0.2, 0.25) is 5.91 Å². The van der Waals surface area contributed by atoms with Crippen LogP contribution in [0.4, 0.5) is 5.69 Å². The first-order valence-electron chi connectivity index (χ1n) is 11.3. The van der Waals surface area contributed by atoms with E-state index in [0.717, 1.165) is 6.42 Å². The minimum atomic E-state index is -0.211. The molecular weight excluding hydrogens is 348 g/mol. The van der Waals surface area contributed by atoms with Crippen LogP contribution in [-0.2, 0) is 23.1 Å². The van der Waals surface area contributed by atoms with E-state index in [0.29, 0.717) is 11.8 Å². The number of benzene rings is 1. The second-order valence-corrected chi connectivity index (χ2v) is 9.72. The Morgan fingerprint density at radius 2 is 1.86 bits per heavy atom. The van der Waals surface area contributed by atoms with Crippen LogP contribution in [0.15, 0.2) is 12.1 Å². The number of carbonyl (C=O) groups excluding carboxylic acids is 1. The van der Waals surface area contributed by atoms with Gasteiger partial charge in [0.1, 0.15) is 6.04 Å². The van der Waals surface area contributed by atoms with Gasteiger partial charge in [-0.25, -0.2) is 0 Å². The van der Waals surface area contributed by atoms with E-state index in [4.69, 9.17) is 0 Å². The molecule has 1 heterocycles. The Balaban J connectivity index is 1.83. The number of hydrogen-bond donors (Lipinski definition) is 2. The standard InChI is InChI=1S/C24H36N2O2/c1-16(2)22-23(28)25-19(15-27)13-18-12-17-8-7-11-24(9-5-4-6-10-24)20(17)14-21(18)26(22)3/h12,14,16,19,22,27H,4-11,13,15H2,1-3H3,(H,25,28)/t19-,22-/m0/s1. The Bertz CT molecular complexity index is 736. The minimum Gasteiger partial charge on any atom is -0.394 e. The number of aryl methyl sites for hydroxylation is 1. The first-order valence-corrected chi connectivity index (χ1v) is 11.3. The van der Waals surface area contributed by atoms with Gasteiger partial charge in [0.15, 0.2) is 0 Å². The molecule has 3 aliphatic rings. The number of fused-ring (bicyclic) bond motifs is 3. The zero-order valence-electron chi connectivity index (χ0n) is 17.8. The Kier molecular flexibility index (Phi) is 5.43. The monoisotopic (exact) mass is 384 g/mol. The van der Waals surface area contributed by atoms with Gasteiger partial charge in [0.25, 0.3) is 0 Å². The molecule has 0 aromatic heterocycles. The van der Waals surface area contributed by atoms with Crippen LogP contribution in [0.1, 0.15) is 75.5 Å². The smallest absolute Gasteiger partial charge is 0.243 e. The lowest BCUT2D eigenvalue weighted by atomic mass is 9.62. The molecule has 1 aromatic carbocycles. The van der Waals surface area contributed by atoms with Crippen LogP contribution in [0.25, 0.3) is 0 Å². The predicted octanol–water partition coefficient (Wildman–Crippen LogP) is 3.72. The molecule has 2 N–H and O–H groups in total. The van der Waals surface area contributed by atoms with Crippen molar-refractivity contribution in [2.75, 3.05) is 18.6 Å². The molecule has 2 aliphatic carbocycles. The highest BCUT2D eigenvalue weighted by atomic mass is 16.3.